The van der Waals surface area contributed by atoms with E-state index in [1.807, 2.05) is 0 Å². The van der Waals surface area contributed by atoms with Crippen LogP contribution in [0.3, 0.4) is 0 Å². The predicted molar refractivity (Wildman–Crippen MR) is 59.8 cm³/mol. The topological polar surface area (TPSA) is 49.3 Å². The van der Waals surface area contributed by atoms with E-state index in [1.54, 1.807) is 0 Å². The summed E-state index contributed by atoms with van der Waals surface area (Å²) in [6, 6.07) is 0. The zero-order chi connectivity index (χ0) is 11.4. The Morgan fingerprint density at radius 2 is 1.94 bits per heavy atom. The second-order valence-corrected chi connectivity index (χ2v) is 6.10. The van der Waals surface area contributed by atoms with E-state index in [4.69, 9.17) is 11.5 Å². The maximum Gasteiger partial charge on any atom is 0.405 e. The van der Waals surface area contributed by atoms with Gasteiger partial charge in [-0.05, 0) is 50.4 Å². The summed E-state index contributed by atoms with van der Waals surface area (Å²) >= 11 is 0. The number of hydrogen-bond donors (Lipinski definition) is 2. The summed E-state index contributed by atoms with van der Waals surface area (Å²) in [6.45, 7) is 0. The lowest BCUT2D eigenvalue weighted by atomic mass is 9.47. The highest BCUT2D eigenvalue weighted by molar-refractivity contribution is 5.66. The van der Waals surface area contributed by atoms with E-state index in [1.165, 1.54) is 6.42 Å². The number of nitrogens with one attached hydrogen (secondary N) is 1. The summed E-state index contributed by atoms with van der Waals surface area (Å²) in [6.07, 6.45) is 11.1. The Labute approximate surface area is 95.6 Å². The van der Waals surface area contributed by atoms with Crippen molar-refractivity contribution in [1.82, 2.24) is 5.32 Å². The largest absolute Gasteiger partial charge is 0.465 e. The maximum absolute atomic E-state index is 10.9. The van der Waals surface area contributed by atoms with Gasteiger partial charge in [0.15, 0.2) is 0 Å². The molecule has 0 aromatic rings. The van der Waals surface area contributed by atoms with Gasteiger partial charge in [-0.3, -0.25) is 0 Å². The summed E-state index contributed by atoms with van der Waals surface area (Å²) in [4.78, 5) is 10.9. The minimum Gasteiger partial charge on any atom is -0.465 e. The van der Waals surface area contributed by atoms with E-state index in [-0.39, 0.29) is 11.0 Å². The lowest BCUT2D eigenvalue weighted by Gasteiger charge is -2.60. The number of carboxylic acid groups (broad SMARTS) is 1. The van der Waals surface area contributed by atoms with Crippen LogP contribution in [0.15, 0.2) is 0 Å². The molecule has 0 radical (unpaired) electrons. The highest BCUT2D eigenvalue weighted by Gasteiger charge is 2.57. The van der Waals surface area contributed by atoms with E-state index in [9.17, 15) is 4.79 Å². The van der Waals surface area contributed by atoms with E-state index in [0.29, 0.717) is 11.8 Å². The van der Waals surface area contributed by atoms with E-state index in [0.717, 1.165) is 32.1 Å². The van der Waals surface area contributed by atoms with Crippen molar-refractivity contribution in [3.8, 4) is 12.3 Å². The van der Waals surface area contributed by atoms with Crippen molar-refractivity contribution in [3.05, 3.63) is 0 Å². The van der Waals surface area contributed by atoms with Gasteiger partial charge in [0.1, 0.15) is 0 Å². The van der Waals surface area contributed by atoms with E-state index >= 15 is 0 Å². The fourth-order valence-corrected chi connectivity index (χ4v) is 4.80. The Morgan fingerprint density at radius 3 is 2.44 bits per heavy atom. The van der Waals surface area contributed by atoms with Gasteiger partial charge in [-0.2, -0.15) is 0 Å². The molecule has 0 aromatic carbocycles. The molecule has 16 heavy (non-hydrogen) atoms. The Balaban J connectivity index is 1.93. The number of hydrogen-bond acceptors (Lipinski definition) is 1. The molecule has 4 rings (SSSR count). The van der Waals surface area contributed by atoms with Crippen LogP contribution in [0.1, 0.15) is 38.5 Å². The van der Waals surface area contributed by atoms with Crippen LogP contribution in [0.2, 0.25) is 0 Å². The average Bonchev–Trinajstić information content (AvgIpc) is 2.13. The van der Waals surface area contributed by atoms with Crippen molar-refractivity contribution >= 4 is 6.09 Å². The molecular weight excluding hydrogens is 202 g/mol. The van der Waals surface area contributed by atoms with Gasteiger partial charge in [0, 0.05) is 11.0 Å². The molecule has 4 bridgehead atoms. The lowest BCUT2D eigenvalue weighted by Crippen LogP contribution is -2.62. The fraction of sp³-hybridized carbons (Fsp3) is 0.769. The first kappa shape index (κ1) is 10.0. The lowest BCUT2D eigenvalue weighted by molar-refractivity contribution is -0.0488. The second-order valence-electron chi connectivity index (χ2n) is 6.10. The van der Waals surface area contributed by atoms with Gasteiger partial charge >= 0.3 is 6.09 Å². The van der Waals surface area contributed by atoms with Crippen molar-refractivity contribution < 1.29 is 9.90 Å². The molecule has 86 valence electrons. The Bertz CT molecular complexity index is 368. The van der Waals surface area contributed by atoms with Crippen molar-refractivity contribution in [2.75, 3.05) is 0 Å². The van der Waals surface area contributed by atoms with Gasteiger partial charge in [0.2, 0.25) is 0 Å². The Kier molecular flexibility index (Phi) is 1.84. The summed E-state index contributed by atoms with van der Waals surface area (Å²) < 4.78 is 0. The van der Waals surface area contributed by atoms with Gasteiger partial charge in [-0.1, -0.05) is 5.92 Å². The minimum absolute atomic E-state index is 0.00741. The monoisotopic (exact) mass is 219 g/mol. The molecule has 0 heterocycles. The SMILES string of the molecule is C#CC12CC3CC(C1)CC(NC(=O)O)(C3)C2. The van der Waals surface area contributed by atoms with Crippen LogP contribution >= 0.6 is 0 Å². The normalized spacial score (nSPS) is 48.7. The Hall–Kier alpha value is -1.17. The molecular formula is C13H17NO2. The number of rotatable bonds is 1. The van der Waals surface area contributed by atoms with Crippen LogP contribution in [0.4, 0.5) is 4.79 Å². The molecule has 2 unspecified atom stereocenters. The highest BCUT2D eigenvalue weighted by Crippen LogP contribution is 2.61. The number of terminal acetylenes is 1. The van der Waals surface area contributed by atoms with Crippen LogP contribution in [-0.4, -0.2) is 16.7 Å². The molecule has 4 aliphatic rings. The van der Waals surface area contributed by atoms with E-state index < -0.39 is 6.09 Å². The summed E-state index contributed by atoms with van der Waals surface area (Å²) in [7, 11) is 0. The van der Waals surface area contributed by atoms with Crippen LogP contribution in [0.5, 0.6) is 0 Å². The second kappa shape index (κ2) is 2.94. The van der Waals surface area contributed by atoms with Crippen molar-refractivity contribution in [2.24, 2.45) is 17.3 Å². The number of carbonyl (C=O) groups is 1. The Morgan fingerprint density at radius 1 is 1.31 bits per heavy atom. The van der Waals surface area contributed by atoms with Gasteiger partial charge in [0.05, 0.1) is 0 Å². The smallest absolute Gasteiger partial charge is 0.405 e. The average molecular weight is 219 g/mol. The van der Waals surface area contributed by atoms with Crippen molar-refractivity contribution in [1.29, 1.82) is 0 Å². The first-order valence-corrected chi connectivity index (χ1v) is 6.04. The molecule has 0 spiro atoms. The third-order valence-electron chi connectivity index (χ3n) is 4.74. The predicted octanol–water partition coefficient (Wildman–Crippen LogP) is 2.23. The highest BCUT2D eigenvalue weighted by atomic mass is 16.4. The molecule has 0 aromatic heterocycles. The first-order valence-electron chi connectivity index (χ1n) is 6.04. The molecule has 0 saturated heterocycles. The molecule has 0 aliphatic heterocycles. The third kappa shape index (κ3) is 1.32. The van der Waals surface area contributed by atoms with Crippen LogP contribution in [0.25, 0.3) is 0 Å². The quantitative estimate of drug-likeness (QED) is 0.664. The molecule has 3 nitrogen and oxygen atoms in total. The van der Waals surface area contributed by atoms with Crippen LogP contribution in [-0.2, 0) is 0 Å². The van der Waals surface area contributed by atoms with Gasteiger partial charge < -0.3 is 10.4 Å². The first-order chi connectivity index (χ1) is 7.55. The molecule has 2 atom stereocenters. The van der Waals surface area contributed by atoms with Gasteiger partial charge in [-0.15, -0.1) is 6.42 Å². The minimum atomic E-state index is -0.894. The van der Waals surface area contributed by atoms with Crippen molar-refractivity contribution in [2.45, 2.75) is 44.1 Å². The molecule has 3 heteroatoms. The maximum atomic E-state index is 10.9. The standard InChI is InChI=1S/C13H17NO2/c1-2-12-4-9-3-10(5-12)7-13(6-9,8-12)14-11(15)16/h1,9-10,14H,3-8H2,(H,15,16). The molecule has 4 saturated carbocycles. The third-order valence-corrected chi connectivity index (χ3v) is 4.74. The van der Waals surface area contributed by atoms with Crippen LogP contribution < -0.4 is 5.32 Å². The fourth-order valence-electron chi connectivity index (χ4n) is 4.80. The van der Waals surface area contributed by atoms with Gasteiger partial charge in [-0.25, -0.2) is 4.79 Å². The zero-order valence-electron chi connectivity index (χ0n) is 9.33. The summed E-state index contributed by atoms with van der Waals surface area (Å²) in [5, 5.41) is 11.7. The van der Waals surface area contributed by atoms with E-state index in [2.05, 4.69) is 11.2 Å². The van der Waals surface area contributed by atoms with Crippen molar-refractivity contribution in [3.63, 3.8) is 0 Å². The molecule has 4 fully saturated rings. The number of amides is 1. The summed E-state index contributed by atoms with van der Waals surface area (Å²) in [5.74, 6) is 4.26. The summed E-state index contributed by atoms with van der Waals surface area (Å²) in [5.41, 5.74) is -0.213. The zero-order valence-corrected chi connectivity index (χ0v) is 9.33. The van der Waals surface area contributed by atoms with Crippen LogP contribution in [0, 0.1) is 29.6 Å². The van der Waals surface area contributed by atoms with Gasteiger partial charge in [0.25, 0.3) is 0 Å². The molecule has 2 N–H and O–H groups in total. The molecule has 1 amide bonds. The molecule has 4 aliphatic carbocycles.